The SMILES string of the molecule is CNCc1ccc(CSc2nccs2)o1. The van der Waals surface area contributed by atoms with Crippen LogP contribution < -0.4 is 5.32 Å². The Bertz CT molecular complexity index is 397. The molecular formula is C10H12N2OS2. The van der Waals surface area contributed by atoms with Crippen molar-refractivity contribution in [3.05, 3.63) is 35.2 Å². The molecule has 0 aliphatic heterocycles. The number of nitrogens with zero attached hydrogens (tertiary/aromatic N) is 1. The summed E-state index contributed by atoms with van der Waals surface area (Å²) in [5.74, 6) is 2.82. The topological polar surface area (TPSA) is 38.1 Å². The zero-order valence-corrected chi connectivity index (χ0v) is 10.0. The molecule has 2 aromatic rings. The summed E-state index contributed by atoms with van der Waals surface area (Å²) >= 11 is 3.36. The van der Waals surface area contributed by atoms with E-state index >= 15 is 0 Å². The van der Waals surface area contributed by atoms with Gasteiger partial charge < -0.3 is 9.73 Å². The van der Waals surface area contributed by atoms with Crippen molar-refractivity contribution in [3.8, 4) is 0 Å². The normalized spacial score (nSPS) is 10.7. The second-order valence-corrected chi connectivity index (χ2v) is 5.10. The van der Waals surface area contributed by atoms with Crippen molar-refractivity contribution < 1.29 is 4.42 Å². The van der Waals surface area contributed by atoms with Crippen LogP contribution in [0.4, 0.5) is 0 Å². The van der Waals surface area contributed by atoms with Crippen molar-refractivity contribution in [2.75, 3.05) is 7.05 Å². The fourth-order valence-corrected chi connectivity index (χ4v) is 2.72. The van der Waals surface area contributed by atoms with Gasteiger partial charge in [0.15, 0.2) is 0 Å². The van der Waals surface area contributed by atoms with Gasteiger partial charge in [-0.15, -0.1) is 11.3 Å². The minimum absolute atomic E-state index is 0.780. The molecule has 0 aromatic carbocycles. The van der Waals surface area contributed by atoms with Crippen molar-refractivity contribution in [1.29, 1.82) is 0 Å². The van der Waals surface area contributed by atoms with Crippen LogP contribution >= 0.6 is 23.1 Å². The van der Waals surface area contributed by atoms with Gasteiger partial charge in [0.2, 0.25) is 0 Å². The smallest absolute Gasteiger partial charge is 0.150 e. The molecule has 1 N–H and O–H groups in total. The average molecular weight is 240 g/mol. The number of rotatable bonds is 5. The van der Waals surface area contributed by atoms with Crippen LogP contribution in [0.25, 0.3) is 0 Å². The van der Waals surface area contributed by atoms with Gasteiger partial charge in [-0.2, -0.15) is 0 Å². The minimum Gasteiger partial charge on any atom is -0.464 e. The van der Waals surface area contributed by atoms with E-state index < -0.39 is 0 Å². The second kappa shape index (κ2) is 5.34. The molecule has 80 valence electrons. The summed E-state index contributed by atoms with van der Waals surface area (Å²) in [6.07, 6.45) is 1.82. The number of furan rings is 1. The highest BCUT2D eigenvalue weighted by Crippen LogP contribution is 2.25. The first-order valence-corrected chi connectivity index (χ1v) is 6.49. The fraction of sp³-hybridized carbons (Fsp3) is 0.300. The number of thioether (sulfide) groups is 1. The summed E-state index contributed by atoms with van der Waals surface area (Å²) in [5.41, 5.74) is 0. The van der Waals surface area contributed by atoms with Crippen LogP contribution in [-0.4, -0.2) is 12.0 Å². The number of nitrogens with one attached hydrogen (secondary N) is 1. The highest BCUT2D eigenvalue weighted by molar-refractivity contribution is 8.00. The first kappa shape index (κ1) is 10.7. The molecule has 2 heterocycles. The van der Waals surface area contributed by atoms with E-state index in [1.54, 1.807) is 23.1 Å². The molecule has 0 spiro atoms. The molecule has 0 aliphatic rings. The van der Waals surface area contributed by atoms with E-state index in [0.29, 0.717) is 0 Å². The highest BCUT2D eigenvalue weighted by Gasteiger charge is 2.03. The van der Waals surface area contributed by atoms with Gasteiger partial charge in [0.05, 0.1) is 12.3 Å². The predicted octanol–water partition coefficient (Wildman–Crippen LogP) is 2.75. The third kappa shape index (κ3) is 3.09. The van der Waals surface area contributed by atoms with Crippen molar-refractivity contribution in [2.24, 2.45) is 0 Å². The van der Waals surface area contributed by atoms with E-state index in [0.717, 1.165) is 28.2 Å². The summed E-state index contributed by atoms with van der Waals surface area (Å²) in [5, 5.41) is 5.04. The molecule has 0 fully saturated rings. The Kier molecular flexibility index (Phi) is 3.82. The molecule has 5 heteroatoms. The van der Waals surface area contributed by atoms with Crippen molar-refractivity contribution in [1.82, 2.24) is 10.3 Å². The summed E-state index contributed by atoms with van der Waals surface area (Å²) in [4.78, 5) is 4.20. The quantitative estimate of drug-likeness (QED) is 0.816. The molecular weight excluding hydrogens is 228 g/mol. The number of thiazole rings is 1. The first-order chi connectivity index (χ1) is 7.38. The Labute approximate surface area is 96.9 Å². The fourth-order valence-electron chi connectivity index (χ4n) is 1.18. The van der Waals surface area contributed by atoms with Gasteiger partial charge in [0.25, 0.3) is 0 Å². The highest BCUT2D eigenvalue weighted by atomic mass is 32.2. The molecule has 0 amide bonds. The maximum absolute atomic E-state index is 5.62. The molecule has 0 atom stereocenters. The maximum atomic E-state index is 5.62. The maximum Gasteiger partial charge on any atom is 0.150 e. The van der Waals surface area contributed by atoms with Gasteiger partial charge in [-0.25, -0.2) is 4.98 Å². The van der Waals surface area contributed by atoms with Gasteiger partial charge in [0, 0.05) is 11.6 Å². The lowest BCUT2D eigenvalue weighted by Crippen LogP contribution is -2.03. The molecule has 2 rings (SSSR count). The molecule has 0 saturated carbocycles. The standard InChI is InChI=1S/C10H12N2OS2/c1-11-6-8-2-3-9(13-8)7-15-10-12-4-5-14-10/h2-5,11H,6-7H2,1H3. The van der Waals surface area contributed by atoms with Gasteiger partial charge >= 0.3 is 0 Å². The molecule has 2 aromatic heterocycles. The van der Waals surface area contributed by atoms with Crippen molar-refractivity contribution >= 4 is 23.1 Å². The van der Waals surface area contributed by atoms with E-state index in [1.807, 2.05) is 30.8 Å². The van der Waals surface area contributed by atoms with Crippen LogP contribution in [0.1, 0.15) is 11.5 Å². The third-order valence-corrected chi connectivity index (χ3v) is 3.80. The lowest BCUT2D eigenvalue weighted by molar-refractivity contribution is 0.469. The molecule has 3 nitrogen and oxygen atoms in total. The Hall–Kier alpha value is -0.780. The average Bonchev–Trinajstić information content (AvgIpc) is 2.85. The van der Waals surface area contributed by atoms with Gasteiger partial charge in [-0.05, 0) is 19.2 Å². The summed E-state index contributed by atoms with van der Waals surface area (Å²) in [6, 6.07) is 4.03. The number of aromatic nitrogens is 1. The first-order valence-electron chi connectivity index (χ1n) is 4.63. The minimum atomic E-state index is 0.780. The van der Waals surface area contributed by atoms with Crippen molar-refractivity contribution in [3.63, 3.8) is 0 Å². The Morgan fingerprint density at radius 3 is 3.07 bits per heavy atom. The Morgan fingerprint density at radius 2 is 2.33 bits per heavy atom. The molecule has 0 radical (unpaired) electrons. The lowest BCUT2D eigenvalue weighted by Gasteiger charge is -1.95. The van der Waals surface area contributed by atoms with E-state index in [2.05, 4.69) is 10.3 Å². The van der Waals surface area contributed by atoms with Crippen LogP contribution in [0.5, 0.6) is 0 Å². The summed E-state index contributed by atoms with van der Waals surface area (Å²) in [7, 11) is 1.91. The van der Waals surface area contributed by atoms with E-state index in [4.69, 9.17) is 4.42 Å². The molecule has 0 unspecified atom stereocenters. The molecule has 15 heavy (non-hydrogen) atoms. The van der Waals surface area contributed by atoms with E-state index in [1.165, 1.54) is 0 Å². The van der Waals surface area contributed by atoms with Crippen LogP contribution in [0, 0.1) is 0 Å². The van der Waals surface area contributed by atoms with E-state index in [9.17, 15) is 0 Å². The third-order valence-electron chi connectivity index (χ3n) is 1.82. The van der Waals surface area contributed by atoms with Crippen LogP contribution in [0.3, 0.4) is 0 Å². The zero-order chi connectivity index (χ0) is 10.5. The monoisotopic (exact) mass is 240 g/mol. The molecule has 0 saturated heterocycles. The number of hydrogen-bond donors (Lipinski definition) is 1. The molecule has 0 aliphatic carbocycles. The van der Waals surface area contributed by atoms with Crippen molar-refractivity contribution in [2.45, 2.75) is 16.6 Å². The van der Waals surface area contributed by atoms with Crippen LogP contribution in [0.2, 0.25) is 0 Å². The lowest BCUT2D eigenvalue weighted by atomic mass is 10.4. The second-order valence-electron chi connectivity index (χ2n) is 2.99. The molecule has 0 bridgehead atoms. The largest absolute Gasteiger partial charge is 0.464 e. The van der Waals surface area contributed by atoms with Gasteiger partial charge in [0.1, 0.15) is 15.9 Å². The van der Waals surface area contributed by atoms with Crippen LogP contribution in [0.15, 0.2) is 32.5 Å². The van der Waals surface area contributed by atoms with Gasteiger partial charge in [-0.3, -0.25) is 0 Å². The predicted molar refractivity (Wildman–Crippen MR) is 63.1 cm³/mol. The Balaban J connectivity index is 1.88. The Morgan fingerprint density at radius 1 is 1.47 bits per heavy atom. The zero-order valence-electron chi connectivity index (χ0n) is 8.40. The van der Waals surface area contributed by atoms with E-state index in [-0.39, 0.29) is 0 Å². The number of hydrogen-bond acceptors (Lipinski definition) is 5. The van der Waals surface area contributed by atoms with Crippen LogP contribution in [-0.2, 0) is 12.3 Å². The summed E-state index contributed by atoms with van der Waals surface area (Å²) < 4.78 is 6.70. The van der Waals surface area contributed by atoms with Gasteiger partial charge in [-0.1, -0.05) is 11.8 Å². The summed E-state index contributed by atoms with van der Waals surface area (Å²) in [6.45, 7) is 0.780.